The molecule has 5 rings (SSSR count). The molecule has 2 aromatic carbocycles. The average molecular weight is 556 g/mol. The average Bonchev–Trinajstić information content (AvgIpc) is 3.44. The van der Waals surface area contributed by atoms with Crippen LogP contribution >= 0.6 is 12.2 Å². The molecular formula is C30H29N5O4S. The topological polar surface area (TPSA) is 109 Å². The van der Waals surface area contributed by atoms with Gasteiger partial charge in [0.1, 0.15) is 6.61 Å². The summed E-state index contributed by atoms with van der Waals surface area (Å²) in [5.74, 6) is -1.19. The highest BCUT2D eigenvalue weighted by molar-refractivity contribution is 7.80. The molecule has 40 heavy (non-hydrogen) atoms. The summed E-state index contributed by atoms with van der Waals surface area (Å²) in [5.41, 5.74) is 6.55. The molecule has 0 spiro atoms. The lowest BCUT2D eigenvalue weighted by atomic mass is 9.96. The minimum atomic E-state index is -0.961. The standard InChI is InChI=1S/C30H29N5O4S/c1-18-16-24(19(2)34(18)22-11-7-20(8-12-22)29(37)38)28-27(25-6-4-5-15-31-25)33-30(40)35(28)23-13-9-21(10-14-23)32-26(36)17-39-3/h4-16,27-28H,17H2,1-3H3,(H,32,36)(H,33,40)(H,37,38). The van der Waals surface area contributed by atoms with Gasteiger partial charge in [0, 0.05) is 41.8 Å². The second kappa shape index (κ2) is 11.3. The van der Waals surface area contributed by atoms with E-state index >= 15 is 0 Å². The van der Waals surface area contributed by atoms with E-state index < -0.39 is 5.97 Å². The van der Waals surface area contributed by atoms with E-state index in [1.807, 2.05) is 61.5 Å². The fourth-order valence-corrected chi connectivity index (χ4v) is 5.57. The number of nitrogens with zero attached hydrogens (tertiary/aromatic N) is 3. The molecule has 1 aliphatic heterocycles. The van der Waals surface area contributed by atoms with Crippen LogP contribution in [0.4, 0.5) is 11.4 Å². The molecule has 4 aromatic rings. The van der Waals surface area contributed by atoms with Gasteiger partial charge in [0.15, 0.2) is 5.11 Å². The maximum Gasteiger partial charge on any atom is 0.335 e. The number of thiocarbonyl (C=S) groups is 1. The van der Waals surface area contributed by atoms with Gasteiger partial charge in [-0.05, 0) is 98.4 Å². The number of hydrogen-bond donors (Lipinski definition) is 3. The van der Waals surface area contributed by atoms with Gasteiger partial charge in [-0.2, -0.15) is 0 Å². The number of aryl methyl sites for hydroxylation is 1. The maximum absolute atomic E-state index is 12.0. The number of rotatable bonds is 8. The molecule has 9 nitrogen and oxygen atoms in total. The van der Waals surface area contributed by atoms with E-state index in [1.165, 1.54) is 7.11 Å². The number of nitrogens with one attached hydrogen (secondary N) is 2. The molecule has 0 radical (unpaired) electrons. The summed E-state index contributed by atoms with van der Waals surface area (Å²) in [6, 6.07) is 21.9. The molecule has 1 fully saturated rings. The van der Waals surface area contributed by atoms with E-state index in [1.54, 1.807) is 18.3 Å². The first-order valence-corrected chi connectivity index (χ1v) is 13.1. The van der Waals surface area contributed by atoms with Gasteiger partial charge < -0.3 is 29.9 Å². The molecule has 1 amide bonds. The van der Waals surface area contributed by atoms with E-state index in [-0.39, 0.29) is 30.2 Å². The Hall–Kier alpha value is -4.54. The van der Waals surface area contributed by atoms with Crippen molar-refractivity contribution < 1.29 is 19.4 Å². The van der Waals surface area contributed by atoms with Crippen LogP contribution in [0.5, 0.6) is 0 Å². The fourth-order valence-electron chi connectivity index (χ4n) is 5.22. The smallest absolute Gasteiger partial charge is 0.335 e. The minimum absolute atomic E-state index is 0.0234. The lowest BCUT2D eigenvalue weighted by molar-refractivity contribution is -0.119. The largest absolute Gasteiger partial charge is 0.478 e. The molecule has 2 unspecified atom stereocenters. The molecule has 1 saturated heterocycles. The summed E-state index contributed by atoms with van der Waals surface area (Å²) in [5, 5.41) is 16.2. The van der Waals surface area contributed by atoms with Gasteiger partial charge in [-0.25, -0.2) is 4.79 Å². The zero-order valence-electron chi connectivity index (χ0n) is 22.3. The molecule has 0 saturated carbocycles. The normalized spacial score (nSPS) is 16.6. The van der Waals surface area contributed by atoms with Gasteiger partial charge >= 0.3 is 5.97 Å². The highest BCUT2D eigenvalue weighted by Gasteiger charge is 2.42. The molecule has 0 bridgehead atoms. The van der Waals surface area contributed by atoms with E-state index in [2.05, 4.69) is 38.1 Å². The molecule has 204 valence electrons. The van der Waals surface area contributed by atoms with Crippen LogP contribution in [0.2, 0.25) is 0 Å². The van der Waals surface area contributed by atoms with Crippen molar-refractivity contribution >= 4 is 40.6 Å². The first-order valence-electron chi connectivity index (χ1n) is 12.7. The zero-order chi connectivity index (χ0) is 28.4. The van der Waals surface area contributed by atoms with Crippen LogP contribution in [0.25, 0.3) is 5.69 Å². The van der Waals surface area contributed by atoms with Crippen LogP contribution in [0.3, 0.4) is 0 Å². The molecule has 0 aliphatic carbocycles. The Kier molecular flexibility index (Phi) is 7.63. The molecule has 2 aromatic heterocycles. The van der Waals surface area contributed by atoms with E-state index in [4.69, 9.17) is 17.0 Å². The summed E-state index contributed by atoms with van der Waals surface area (Å²) >= 11 is 5.87. The Labute approximate surface area is 237 Å². The van der Waals surface area contributed by atoms with E-state index in [0.717, 1.165) is 34.0 Å². The molecule has 10 heteroatoms. The number of benzene rings is 2. The van der Waals surface area contributed by atoms with Crippen LogP contribution < -0.4 is 15.5 Å². The van der Waals surface area contributed by atoms with Crippen molar-refractivity contribution in [1.82, 2.24) is 14.9 Å². The number of aromatic nitrogens is 2. The van der Waals surface area contributed by atoms with Crippen LogP contribution in [-0.4, -0.2) is 45.4 Å². The van der Waals surface area contributed by atoms with Gasteiger partial charge in [0.25, 0.3) is 0 Å². The number of methoxy groups -OCH3 is 1. The van der Waals surface area contributed by atoms with E-state index in [0.29, 0.717) is 10.8 Å². The van der Waals surface area contributed by atoms with Crippen molar-refractivity contribution in [1.29, 1.82) is 0 Å². The Morgan fingerprint density at radius 3 is 2.38 bits per heavy atom. The zero-order valence-corrected chi connectivity index (χ0v) is 23.1. The summed E-state index contributed by atoms with van der Waals surface area (Å²) in [4.78, 5) is 30.1. The highest BCUT2D eigenvalue weighted by atomic mass is 32.1. The van der Waals surface area contributed by atoms with Crippen LogP contribution in [0, 0.1) is 13.8 Å². The monoisotopic (exact) mass is 555 g/mol. The van der Waals surface area contributed by atoms with Crippen molar-refractivity contribution in [2.45, 2.75) is 25.9 Å². The SMILES string of the molecule is COCC(=O)Nc1ccc(N2C(=S)NC(c3ccccn3)C2c2cc(C)n(-c3ccc(C(=O)O)cc3)c2C)cc1. The number of ether oxygens (including phenoxy) is 1. The lowest BCUT2D eigenvalue weighted by Crippen LogP contribution is -2.29. The molecular weight excluding hydrogens is 526 g/mol. The van der Waals surface area contributed by atoms with Crippen LogP contribution in [0.1, 0.15) is 45.1 Å². The third-order valence-corrected chi connectivity index (χ3v) is 7.28. The summed E-state index contributed by atoms with van der Waals surface area (Å²) < 4.78 is 7.02. The van der Waals surface area contributed by atoms with Gasteiger partial charge in [-0.3, -0.25) is 9.78 Å². The predicted octanol–water partition coefficient (Wildman–Crippen LogP) is 4.95. The van der Waals surface area contributed by atoms with Crippen LogP contribution in [0.15, 0.2) is 79.0 Å². The molecule has 3 N–H and O–H groups in total. The number of hydrogen-bond acceptors (Lipinski definition) is 5. The first kappa shape index (κ1) is 27.0. The van der Waals surface area contributed by atoms with Crippen molar-refractivity contribution in [3.05, 3.63) is 107 Å². The Balaban J connectivity index is 1.57. The van der Waals surface area contributed by atoms with Gasteiger partial charge in [0.2, 0.25) is 5.91 Å². The number of aromatic carboxylic acids is 1. The number of anilines is 2. The molecule has 1 aliphatic rings. The summed E-state index contributed by atoms with van der Waals surface area (Å²) in [6.45, 7) is 4.06. The van der Waals surface area contributed by atoms with E-state index in [9.17, 15) is 14.7 Å². The summed E-state index contributed by atoms with van der Waals surface area (Å²) in [6.07, 6.45) is 1.77. The Bertz CT molecular complexity index is 1550. The van der Waals surface area contributed by atoms with Crippen LogP contribution in [-0.2, 0) is 9.53 Å². The third kappa shape index (κ3) is 5.18. The minimum Gasteiger partial charge on any atom is -0.478 e. The number of pyridine rings is 1. The second-order valence-corrected chi connectivity index (χ2v) is 9.93. The van der Waals surface area contributed by atoms with Gasteiger partial charge in [-0.1, -0.05) is 6.07 Å². The van der Waals surface area contributed by atoms with Crippen molar-refractivity contribution in [3.8, 4) is 5.69 Å². The maximum atomic E-state index is 12.0. The lowest BCUT2D eigenvalue weighted by Gasteiger charge is -2.28. The van der Waals surface area contributed by atoms with Crippen molar-refractivity contribution in [2.75, 3.05) is 23.9 Å². The second-order valence-electron chi connectivity index (χ2n) is 9.54. The molecule has 3 heterocycles. The number of carboxylic acids is 1. The number of amides is 1. The van der Waals surface area contributed by atoms with Crippen molar-refractivity contribution in [3.63, 3.8) is 0 Å². The Morgan fingerprint density at radius 1 is 1.05 bits per heavy atom. The third-order valence-electron chi connectivity index (χ3n) is 6.96. The highest BCUT2D eigenvalue weighted by Crippen LogP contribution is 2.44. The fraction of sp³-hybridized carbons (Fsp3) is 0.200. The summed E-state index contributed by atoms with van der Waals surface area (Å²) in [7, 11) is 1.48. The number of carbonyl (C=O) groups excluding carboxylic acids is 1. The quantitative estimate of drug-likeness (QED) is 0.262. The predicted molar refractivity (Wildman–Crippen MR) is 157 cm³/mol. The molecule has 2 atom stereocenters. The van der Waals surface area contributed by atoms with Crippen molar-refractivity contribution in [2.24, 2.45) is 0 Å². The van der Waals surface area contributed by atoms with Gasteiger partial charge in [0.05, 0.1) is 23.3 Å². The number of carboxylic acid groups (broad SMARTS) is 1. The first-order chi connectivity index (χ1) is 19.3. The number of carbonyl (C=O) groups is 2. The Morgan fingerprint density at radius 2 is 1.75 bits per heavy atom. The van der Waals surface area contributed by atoms with Gasteiger partial charge in [-0.15, -0.1) is 0 Å².